The van der Waals surface area contributed by atoms with Gasteiger partial charge in [0.25, 0.3) is 5.91 Å². The molecule has 0 spiro atoms. The van der Waals surface area contributed by atoms with Crippen LogP contribution in [0, 0.1) is 0 Å². The Bertz CT molecular complexity index is 1040. The van der Waals surface area contributed by atoms with Gasteiger partial charge in [-0.1, -0.05) is 24.3 Å². The molecule has 9 heteroatoms. The first-order valence-electron chi connectivity index (χ1n) is 10.3. The highest BCUT2D eigenvalue weighted by Crippen LogP contribution is 2.41. The SMILES string of the molecule is COc1cc(N2C(=O)N[C@H](CC(=O)N3CCc4ccccc4C3)C2=O)cc(OC)c1OC. The number of benzene rings is 2. The van der Waals surface area contributed by atoms with Crippen LogP contribution in [0.3, 0.4) is 0 Å². The Morgan fingerprint density at radius 2 is 1.69 bits per heavy atom. The van der Waals surface area contributed by atoms with E-state index in [0.717, 1.165) is 16.9 Å². The Kier molecular flexibility index (Phi) is 5.89. The van der Waals surface area contributed by atoms with Gasteiger partial charge in [0.05, 0.1) is 33.4 Å². The summed E-state index contributed by atoms with van der Waals surface area (Å²) in [5, 5.41) is 2.62. The molecule has 0 aromatic heterocycles. The van der Waals surface area contributed by atoms with Crippen molar-refractivity contribution in [2.75, 3.05) is 32.8 Å². The second-order valence-electron chi connectivity index (χ2n) is 7.60. The molecular formula is C23H25N3O6. The highest BCUT2D eigenvalue weighted by Gasteiger charge is 2.41. The zero-order valence-electron chi connectivity index (χ0n) is 18.2. The van der Waals surface area contributed by atoms with Gasteiger partial charge in [0.15, 0.2) is 11.5 Å². The first-order valence-corrected chi connectivity index (χ1v) is 10.3. The number of nitrogens with one attached hydrogen (secondary N) is 1. The second kappa shape index (κ2) is 8.78. The maximum Gasteiger partial charge on any atom is 0.329 e. The van der Waals surface area contributed by atoms with Crippen LogP contribution in [0.25, 0.3) is 0 Å². The third kappa shape index (κ3) is 3.81. The van der Waals surface area contributed by atoms with Gasteiger partial charge in [0.2, 0.25) is 11.7 Å². The molecule has 32 heavy (non-hydrogen) atoms. The number of imide groups is 1. The standard InChI is InChI=1S/C23H25N3O6/c1-30-18-10-16(11-19(31-2)21(18)32-3)26-22(28)17(24-23(26)29)12-20(27)25-9-8-14-6-4-5-7-15(14)13-25/h4-7,10-11,17H,8-9,12-13H2,1-3H3,(H,24,29)/t17-/m1/s1. The summed E-state index contributed by atoms with van der Waals surface area (Å²) < 4.78 is 15.9. The predicted molar refractivity (Wildman–Crippen MR) is 116 cm³/mol. The lowest BCUT2D eigenvalue weighted by Crippen LogP contribution is -2.41. The lowest BCUT2D eigenvalue weighted by molar-refractivity contribution is -0.134. The molecule has 0 radical (unpaired) electrons. The summed E-state index contributed by atoms with van der Waals surface area (Å²) in [6.07, 6.45) is 0.665. The van der Waals surface area contributed by atoms with Gasteiger partial charge < -0.3 is 24.4 Å². The Balaban J connectivity index is 1.51. The molecule has 2 aliphatic heterocycles. The number of ether oxygens (including phenoxy) is 3. The molecule has 168 valence electrons. The molecule has 2 aromatic rings. The molecule has 4 rings (SSSR count). The van der Waals surface area contributed by atoms with E-state index in [-0.39, 0.29) is 18.0 Å². The summed E-state index contributed by atoms with van der Waals surface area (Å²) in [5.74, 6) is 0.297. The van der Waals surface area contributed by atoms with Crippen molar-refractivity contribution >= 4 is 23.5 Å². The minimum absolute atomic E-state index is 0.104. The van der Waals surface area contributed by atoms with E-state index in [9.17, 15) is 14.4 Å². The molecular weight excluding hydrogens is 414 g/mol. The maximum absolute atomic E-state index is 13.0. The lowest BCUT2D eigenvalue weighted by atomic mass is 9.99. The largest absolute Gasteiger partial charge is 0.493 e. The van der Waals surface area contributed by atoms with Gasteiger partial charge in [-0.15, -0.1) is 0 Å². The summed E-state index contributed by atoms with van der Waals surface area (Å²) in [5.41, 5.74) is 2.60. The predicted octanol–water partition coefficient (Wildman–Crippen LogP) is 2.11. The van der Waals surface area contributed by atoms with Crippen molar-refractivity contribution in [1.82, 2.24) is 10.2 Å². The van der Waals surface area contributed by atoms with Crippen LogP contribution in [-0.2, 0) is 22.6 Å². The highest BCUT2D eigenvalue weighted by molar-refractivity contribution is 6.22. The van der Waals surface area contributed by atoms with Crippen LogP contribution in [-0.4, -0.2) is 56.7 Å². The van der Waals surface area contributed by atoms with Crippen molar-refractivity contribution in [2.45, 2.75) is 25.4 Å². The van der Waals surface area contributed by atoms with Gasteiger partial charge >= 0.3 is 6.03 Å². The average molecular weight is 439 g/mol. The number of nitrogens with zero attached hydrogens (tertiary/aromatic N) is 2. The van der Waals surface area contributed by atoms with Crippen LogP contribution in [0.2, 0.25) is 0 Å². The molecule has 4 amide bonds. The second-order valence-corrected chi connectivity index (χ2v) is 7.60. The molecule has 9 nitrogen and oxygen atoms in total. The van der Waals surface area contributed by atoms with Gasteiger partial charge in [-0.25, -0.2) is 9.69 Å². The molecule has 1 atom stereocenters. The fraction of sp³-hybridized carbons (Fsp3) is 0.348. The molecule has 2 heterocycles. The quantitative estimate of drug-likeness (QED) is 0.693. The van der Waals surface area contributed by atoms with Gasteiger partial charge in [0, 0.05) is 25.2 Å². The fourth-order valence-corrected chi connectivity index (χ4v) is 4.12. The number of hydrogen-bond acceptors (Lipinski definition) is 6. The van der Waals surface area contributed by atoms with Crippen LogP contribution in [0.1, 0.15) is 17.5 Å². The van der Waals surface area contributed by atoms with Crippen molar-refractivity contribution in [3.05, 3.63) is 47.5 Å². The third-order valence-electron chi connectivity index (χ3n) is 5.79. The number of methoxy groups -OCH3 is 3. The summed E-state index contributed by atoms with van der Waals surface area (Å²) in [4.78, 5) is 41.3. The monoisotopic (exact) mass is 439 g/mol. The minimum atomic E-state index is -0.939. The molecule has 0 saturated carbocycles. The number of urea groups is 1. The number of hydrogen-bond donors (Lipinski definition) is 1. The molecule has 0 aliphatic carbocycles. The van der Waals surface area contributed by atoms with Crippen LogP contribution in [0.15, 0.2) is 36.4 Å². The van der Waals surface area contributed by atoms with E-state index in [1.54, 1.807) is 4.90 Å². The number of anilines is 1. The van der Waals surface area contributed by atoms with E-state index < -0.39 is 18.0 Å². The van der Waals surface area contributed by atoms with Crippen LogP contribution >= 0.6 is 0 Å². The summed E-state index contributed by atoms with van der Waals surface area (Å²) >= 11 is 0. The Morgan fingerprint density at radius 1 is 1.03 bits per heavy atom. The van der Waals surface area contributed by atoms with Gasteiger partial charge in [-0.2, -0.15) is 0 Å². The smallest absolute Gasteiger partial charge is 0.329 e. The third-order valence-corrected chi connectivity index (χ3v) is 5.79. The summed E-state index contributed by atoms with van der Waals surface area (Å²) in [6, 6.07) is 9.49. The van der Waals surface area contributed by atoms with Crippen LogP contribution < -0.4 is 24.4 Å². The molecule has 0 unspecified atom stereocenters. The number of carbonyl (C=O) groups excluding carboxylic acids is 3. The first-order chi connectivity index (χ1) is 15.5. The Labute approximate surface area is 185 Å². The van der Waals surface area contributed by atoms with Gasteiger partial charge in [-0.3, -0.25) is 9.59 Å². The molecule has 2 aliphatic rings. The Hall–Kier alpha value is -3.75. The minimum Gasteiger partial charge on any atom is -0.493 e. The van der Waals surface area contributed by atoms with Crippen LogP contribution in [0.5, 0.6) is 17.2 Å². The van der Waals surface area contributed by atoms with E-state index in [4.69, 9.17) is 14.2 Å². The van der Waals surface area contributed by atoms with E-state index in [0.29, 0.717) is 30.3 Å². The lowest BCUT2D eigenvalue weighted by Gasteiger charge is -2.29. The topological polar surface area (TPSA) is 97.4 Å². The molecule has 1 fully saturated rings. The molecule has 2 aromatic carbocycles. The van der Waals surface area contributed by atoms with Crippen molar-refractivity contribution < 1.29 is 28.6 Å². The van der Waals surface area contributed by atoms with Gasteiger partial charge in [0.1, 0.15) is 6.04 Å². The van der Waals surface area contributed by atoms with E-state index in [1.165, 1.54) is 39.0 Å². The highest BCUT2D eigenvalue weighted by atomic mass is 16.5. The number of carbonyl (C=O) groups is 3. The fourth-order valence-electron chi connectivity index (χ4n) is 4.12. The van der Waals surface area contributed by atoms with E-state index in [2.05, 4.69) is 11.4 Å². The number of rotatable bonds is 6. The zero-order valence-corrected chi connectivity index (χ0v) is 18.2. The van der Waals surface area contributed by atoms with Crippen molar-refractivity contribution in [3.63, 3.8) is 0 Å². The number of amides is 4. The molecule has 1 N–H and O–H groups in total. The molecule has 1 saturated heterocycles. The van der Waals surface area contributed by atoms with Gasteiger partial charge in [-0.05, 0) is 17.5 Å². The van der Waals surface area contributed by atoms with Crippen molar-refractivity contribution in [3.8, 4) is 17.2 Å². The molecule has 0 bridgehead atoms. The Morgan fingerprint density at radius 3 is 2.31 bits per heavy atom. The van der Waals surface area contributed by atoms with Crippen molar-refractivity contribution in [2.24, 2.45) is 0 Å². The summed E-state index contributed by atoms with van der Waals surface area (Å²) in [6.45, 7) is 1.09. The first kappa shape index (κ1) is 21.5. The van der Waals surface area contributed by atoms with Crippen molar-refractivity contribution in [1.29, 1.82) is 0 Å². The number of fused-ring (bicyclic) bond motifs is 1. The van der Waals surface area contributed by atoms with E-state index in [1.807, 2.05) is 18.2 Å². The zero-order chi connectivity index (χ0) is 22.8. The van der Waals surface area contributed by atoms with Crippen LogP contribution in [0.4, 0.5) is 10.5 Å². The van der Waals surface area contributed by atoms with E-state index >= 15 is 0 Å². The average Bonchev–Trinajstić information content (AvgIpc) is 3.09. The summed E-state index contributed by atoms with van der Waals surface area (Å²) in [7, 11) is 4.37. The maximum atomic E-state index is 13.0. The normalized spacial score (nSPS) is 17.7.